The highest BCUT2D eigenvalue weighted by atomic mass is 32.1. The summed E-state index contributed by atoms with van der Waals surface area (Å²) in [6.07, 6.45) is 1.73. The van der Waals surface area contributed by atoms with E-state index >= 15 is 0 Å². The highest BCUT2D eigenvalue weighted by Gasteiger charge is 2.33. The Kier molecular flexibility index (Phi) is 4.61. The van der Waals surface area contributed by atoms with E-state index in [-0.39, 0.29) is 11.6 Å². The molecule has 3 N–H and O–H groups in total. The average molecular weight is 343 g/mol. The molecule has 2 aromatic rings. The molecular weight excluding hydrogens is 326 g/mol. The number of nitrogens with zero attached hydrogens (tertiary/aromatic N) is 1. The van der Waals surface area contributed by atoms with E-state index in [2.05, 4.69) is 5.32 Å². The van der Waals surface area contributed by atoms with Crippen molar-refractivity contribution in [1.82, 2.24) is 4.90 Å². The van der Waals surface area contributed by atoms with Crippen LogP contribution in [-0.2, 0) is 9.59 Å². The smallest absolute Gasteiger partial charge is 0.313 e. The van der Waals surface area contributed by atoms with Gasteiger partial charge in [0.1, 0.15) is 0 Å². The van der Waals surface area contributed by atoms with Crippen LogP contribution >= 0.6 is 11.3 Å². The Balaban J connectivity index is 1.72. The van der Waals surface area contributed by atoms with Gasteiger partial charge in [0.15, 0.2) is 0 Å². The lowest BCUT2D eigenvalue weighted by Gasteiger charge is -2.23. The van der Waals surface area contributed by atoms with Gasteiger partial charge in [0.2, 0.25) is 5.91 Å². The summed E-state index contributed by atoms with van der Waals surface area (Å²) in [6, 6.07) is 10.1. The number of anilines is 1. The summed E-state index contributed by atoms with van der Waals surface area (Å²) in [4.78, 5) is 38.7. The SMILES string of the molecule is NC(=O)c1cccc(NC(=O)C(=O)N2CCC[C@H]2c2cccs2)c1. The molecule has 24 heavy (non-hydrogen) atoms. The minimum Gasteiger partial charge on any atom is -0.366 e. The van der Waals surface area contributed by atoms with Gasteiger partial charge in [-0.05, 0) is 42.5 Å². The highest BCUT2D eigenvalue weighted by molar-refractivity contribution is 7.10. The average Bonchev–Trinajstić information content (AvgIpc) is 3.25. The van der Waals surface area contributed by atoms with Gasteiger partial charge in [0.05, 0.1) is 6.04 Å². The number of carbonyl (C=O) groups excluding carboxylic acids is 3. The number of rotatable bonds is 3. The number of amides is 3. The first-order valence-electron chi connectivity index (χ1n) is 7.61. The van der Waals surface area contributed by atoms with Crippen LogP contribution in [0.3, 0.4) is 0 Å². The van der Waals surface area contributed by atoms with Gasteiger partial charge in [-0.3, -0.25) is 14.4 Å². The normalized spacial score (nSPS) is 16.8. The fourth-order valence-electron chi connectivity index (χ4n) is 2.85. The number of nitrogens with two attached hydrogens (primary N) is 1. The second-order valence-electron chi connectivity index (χ2n) is 5.57. The van der Waals surface area contributed by atoms with E-state index in [0.717, 1.165) is 17.7 Å². The van der Waals surface area contributed by atoms with Gasteiger partial charge in [0, 0.05) is 22.7 Å². The van der Waals surface area contributed by atoms with E-state index in [1.165, 1.54) is 6.07 Å². The molecule has 0 spiro atoms. The maximum absolute atomic E-state index is 12.5. The molecular formula is C17H17N3O3S. The summed E-state index contributed by atoms with van der Waals surface area (Å²) in [5.74, 6) is -1.86. The Bertz CT molecular complexity index is 773. The molecule has 1 atom stereocenters. The Morgan fingerprint density at radius 2 is 2.04 bits per heavy atom. The lowest BCUT2D eigenvalue weighted by molar-refractivity contribution is -0.143. The highest BCUT2D eigenvalue weighted by Crippen LogP contribution is 2.34. The second-order valence-corrected chi connectivity index (χ2v) is 6.55. The zero-order valence-corrected chi connectivity index (χ0v) is 13.7. The molecule has 0 unspecified atom stereocenters. The molecule has 6 nitrogen and oxygen atoms in total. The minimum atomic E-state index is -0.708. The van der Waals surface area contributed by atoms with Crippen LogP contribution in [0.15, 0.2) is 41.8 Å². The second kappa shape index (κ2) is 6.84. The van der Waals surface area contributed by atoms with Gasteiger partial charge >= 0.3 is 11.8 Å². The van der Waals surface area contributed by atoms with Crippen LogP contribution in [0.2, 0.25) is 0 Å². The lowest BCUT2D eigenvalue weighted by atomic mass is 10.2. The third-order valence-corrected chi connectivity index (χ3v) is 4.96. The van der Waals surface area contributed by atoms with Crippen molar-refractivity contribution in [2.45, 2.75) is 18.9 Å². The largest absolute Gasteiger partial charge is 0.366 e. The first-order chi connectivity index (χ1) is 11.6. The molecule has 1 aliphatic heterocycles. The van der Waals surface area contributed by atoms with Crippen LogP contribution in [-0.4, -0.2) is 29.2 Å². The van der Waals surface area contributed by atoms with Crippen molar-refractivity contribution in [3.63, 3.8) is 0 Å². The van der Waals surface area contributed by atoms with Gasteiger partial charge in [0.25, 0.3) is 0 Å². The van der Waals surface area contributed by atoms with Crippen LogP contribution in [0.1, 0.15) is 34.1 Å². The van der Waals surface area contributed by atoms with Crippen LogP contribution in [0, 0.1) is 0 Å². The molecule has 3 rings (SSSR count). The quantitative estimate of drug-likeness (QED) is 0.836. The van der Waals surface area contributed by atoms with E-state index in [0.29, 0.717) is 12.2 Å². The maximum Gasteiger partial charge on any atom is 0.313 e. The van der Waals surface area contributed by atoms with E-state index in [1.807, 2.05) is 17.5 Å². The lowest BCUT2D eigenvalue weighted by Crippen LogP contribution is -2.39. The van der Waals surface area contributed by atoms with Crippen molar-refractivity contribution in [1.29, 1.82) is 0 Å². The molecule has 0 saturated carbocycles. The van der Waals surface area contributed by atoms with Crippen molar-refractivity contribution in [3.05, 3.63) is 52.2 Å². The molecule has 1 fully saturated rings. The van der Waals surface area contributed by atoms with Gasteiger partial charge in [-0.25, -0.2) is 0 Å². The fourth-order valence-corrected chi connectivity index (χ4v) is 3.73. The molecule has 1 aromatic carbocycles. The number of thiophene rings is 1. The number of hydrogen-bond donors (Lipinski definition) is 2. The Labute approximate surface area is 143 Å². The van der Waals surface area contributed by atoms with E-state index < -0.39 is 17.7 Å². The van der Waals surface area contributed by atoms with Gasteiger partial charge < -0.3 is 16.0 Å². The van der Waals surface area contributed by atoms with Crippen LogP contribution in [0.4, 0.5) is 5.69 Å². The monoisotopic (exact) mass is 343 g/mol. The van der Waals surface area contributed by atoms with Crippen molar-refractivity contribution in [3.8, 4) is 0 Å². The summed E-state index contributed by atoms with van der Waals surface area (Å²) in [6.45, 7) is 0.566. The zero-order valence-electron chi connectivity index (χ0n) is 12.9. The van der Waals surface area contributed by atoms with Gasteiger partial charge in [-0.15, -0.1) is 11.3 Å². The fraction of sp³-hybridized carbons (Fsp3) is 0.235. The number of nitrogens with one attached hydrogen (secondary N) is 1. The molecule has 124 valence electrons. The maximum atomic E-state index is 12.5. The molecule has 1 saturated heterocycles. The van der Waals surface area contributed by atoms with Gasteiger partial charge in [-0.2, -0.15) is 0 Å². The van der Waals surface area contributed by atoms with Crippen molar-refractivity contribution in [2.75, 3.05) is 11.9 Å². The molecule has 7 heteroatoms. The Morgan fingerprint density at radius 3 is 2.75 bits per heavy atom. The standard InChI is InChI=1S/C17H17N3O3S/c18-15(21)11-4-1-5-12(10-11)19-16(22)17(23)20-8-2-6-13(20)14-7-3-9-24-14/h1,3-5,7,9-10,13H,2,6,8H2,(H2,18,21)(H,19,22)/t13-/m0/s1. The van der Waals surface area contributed by atoms with E-state index in [1.54, 1.807) is 34.4 Å². The van der Waals surface area contributed by atoms with Crippen molar-refractivity contribution < 1.29 is 14.4 Å². The van der Waals surface area contributed by atoms with E-state index in [4.69, 9.17) is 5.73 Å². The number of carbonyl (C=O) groups is 3. The first-order valence-corrected chi connectivity index (χ1v) is 8.49. The van der Waals surface area contributed by atoms with Crippen LogP contribution < -0.4 is 11.1 Å². The molecule has 3 amide bonds. The summed E-state index contributed by atoms with van der Waals surface area (Å²) in [5.41, 5.74) is 5.87. The third kappa shape index (κ3) is 3.30. The number of hydrogen-bond acceptors (Lipinski definition) is 4. The predicted octanol–water partition coefficient (Wildman–Crippen LogP) is 2.15. The van der Waals surface area contributed by atoms with Gasteiger partial charge in [-0.1, -0.05) is 12.1 Å². The predicted molar refractivity (Wildman–Crippen MR) is 91.6 cm³/mol. The number of primary amides is 1. The van der Waals surface area contributed by atoms with E-state index in [9.17, 15) is 14.4 Å². The minimum absolute atomic E-state index is 0.0415. The summed E-state index contributed by atoms with van der Waals surface area (Å²) in [5, 5.41) is 4.51. The third-order valence-electron chi connectivity index (χ3n) is 3.98. The van der Waals surface area contributed by atoms with Crippen LogP contribution in [0.5, 0.6) is 0 Å². The topological polar surface area (TPSA) is 92.5 Å². The molecule has 0 radical (unpaired) electrons. The summed E-state index contributed by atoms with van der Waals surface area (Å²) < 4.78 is 0. The van der Waals surface area contributed by atoms with Crippen molar-refractivity contribution in [2.24, 2.45) is 5.73 Å². The molecule has 0 aliphatic carbocycles. The number of benzene rings is 1. The Hall–Kier alpha value is -2.67. The van der Waals surface area contributed by atoms with Crippen LogP contribution in [0.25, 0.3) is 0 Å². The molecule has 0 bridgehead atoms. The summed E-state index contributed by atoms with van der Waals surface area (Å²) in [7, 11) is 0. The molecule has 1 aromatic heterocycles. The van der Waals surface area contributed by atoms with Crippen molar-refractivity contribution >= 4 is 34.7 Å². The first kappa shape index (κ1) is 16.2. The summed E-state index contributed by atoms with van der Waals surface area (Å²) >= 11 is 1.59. The zero-order chi connectivity index (χ0) is 17.1. The molecule has 2 heterocycles. The molecule has 1 aliphatic rings. The Morgan fingerprint density at radius 1 is 1.21 bits per heavy atom. The number of likely N-dealkylation sites (tertiary alicyclic amines) is 1.